The number of fused-ring (bicyclic) bond motifs is 1. The quantitative estimate of drug-likeness (QED) is 0.341. The highest BCUT2D eigenvalue weighted by Crippen LogP contribution is 2.35. The molecule has 0 atom stereocenters. The van der Waals surface area contributed by atoms with Crippen molar-refractivity contribution in [3.63, 3.8) is 0 Å². The summed E-state index contributed by atoms with van der Waals surface area (Å²) in [5.41, 5.74) is 4.38. The van der Waals surface area contributed by atoms with Crippen LogP contribution in [0.5, 0.6) is 5.75 Å². The number of carbonyl (C=O) groups is 1. The summed E-state index contributed by atoms with van der Waals surface area (Å²) in [5, 5.41) is 8.07. The Bertz CT molecular complexity index is 1300. The van der Waals surface area contributed by atoms with Gasteiger partial charge in [0.05, 0.1) is 0 Å². The van der Waals surface area contributed by atoms with Gasteiger partial charge in [-0.15, -0.1) is 0 Å². The van der Waals surface area contributed by atoms with Gasteiger partial charge in [-0.2, -0.15) is 9.78 Å². The van der Waals surface area contributed by atoms with Gasteiger partial charge in [0.25, 0.3) is 0 Å². The van der Waals surface area contributed by atoms with Crippen molar-refractivity contribution in [2.75, 3.05) is 5.32 Å². The largest absolute Gasteiger partial charge is 0.488 e. The van der Waals surface area contributed by atoms with Gasteiger partial charge in [-0.3, -0.25) is 0 Å². The van der Waals surface area contributed by atoms with E-state index in [2.05, 4.69) is 24.3 Å². The monoisotopic (exact) mass is 475 g/mol. The van der Waals surface area contributed by atoms with Crippen molar-refractivity contribution in [3.8, 4) is 28.1 Å². The number of nitrogens with zero attached hydrogens (tertiary/aromatic N) is 2. The van der Waals surface area contributed by atoms with Crippen molar-refractivity contribution < 1.29 is 13.9 Å². The van der Waals surface area contributed by atoms with Crippen LogP contribution < -0.4 is 10.1 Å². The molecule has 7 heteroatoms. The van der Waals surface area contributed by atoms with Crippen LogP contribution in [0.3, 0.4) is 0 Å². The second kappa shape index (κ2) is 8.61. The molecule has 4 aromatic rings. The van der Waals surface area contributed by atoms with Gasteiger partial charge in [0.15, 0.2) is 0 Å². The van der Waals surface area contributed by atoms with E-state index in [9.17, 15) is 9.18 Å². The molecule has 1 aromatic heterocycles. The Hall–Kier alpha value is -3.64. The molecule has 0 spiro atoms. The fourth-order valence-corrected chi connectivity index (χ4v) is 4.18. The molecule has 172 valence electrons. The Balaban J connectivity index is 1.46. The third kappa shape index (κ3) is 4.54. The molecule has 1 aliphatic rings. The van der Waals surface area contributed by atoms with Gasteiger partial charge in [0, 0.05) is 28.0 Å². The zero-order chi connectivity index (χ0) is 23.9. The number of carbonyl (C=O) groups excluding carboxylic acids is 1. The Labute approximate surface area is 202 Å². The molecule has 1 amide bonds. The van der Waals surface area contributed by atoms with Crippen LogP contribution in [-0.2, 0) is 6.42 Å². The average molecular weight is 476 g/mol. The lowest BCUT2D eigenvalue weighted by Gasteiger charge is -2.32. The van der Waals surface area contributed by atoms with Gasteiger partial charge in [0.2, 0.25) is 0 Å². The van der Waals surface area contributed by atoms with Gasteiger partial charge in [-0.25, -0.2) is 9.18 Å². The van der Waals surface area contributed by atoms with Crippen molar-refractivity contribution in [2.24, 2.45) is 0 Å². The highest BCUT2D eigenvalue weighted by molar-refractivity contribution is 6.30. The number of rotatable bonds is 3. The highest BCUT2D eigenvalue weighted by Gasteiger charge is 2.26. The number of benzene rings is 3. The van der Waals surface area contributed by atoms with Gasteiger partial charge in [-0.1, -0.05) is 35.9 Å². The average Bonchev–Trinajstić information content (AvgIpc) is 3.25. The Morgan fingerprint density at radius 1 is 1.06 bits per heavy atom. The Kier molecular flexibility index (Phi) is 5.62. The smallest absolute Gasteiger partial charge is 0.346 e. The van der Waals surface area contributed by atoms with Gasteiger partial charge >= 0.3 is 6.03 Å². The first-order valence-corrected chi connectivity index (χ1v) is 11.4. The first kappa shape index (κ1) is 22.2. The summed E-state index contributed by atoms with van der Waals surface area (Å²) in [6.07, 6.45) is 3.43. The number of ether oxygens (including phenoxy) is 1. The molecule has 2 heterocycles. The first-order chi connectivity index (χ1) is 16.3. The maximum atomic E-state index is 13.5. The van der Waals surface area contributed by atoms with Crippen molar-refractivity contribution in [2.45, 2.75) is 32.3 Å². The third-order valence-corrected chi connectivity index (χ3v) is 6.14. The van der Waals surface area contributed by atoms with E-state index in [4.69, 9.17) is 16.3 Å². The summed E-state index contributed by atoms with van der Waals surface area (Å²) < 4.78 is 20.8. The SMILES string of the molecule is CC1(C)CCc2cc(NC(=O)n3cc(-c4ccc(F)cc4)c(-c4ccc(Cl)cc4)n3)ccc2O1. The molecular weight excluding hydrogens is 453 g/mol. The van der Waals surface area contributed by atoms with E-state index in [0.717, 1.165) is 35.3 Å². The number of aromatic nitrogens is 2. The maximum Gasteiger partial charge on any atom is 0.346 e. The van der Waals surface area contributed by atoms with E-state index in [1.807, 2.05) is 30.3 Å². The number of amides is 1. The second-order valence-corrected chi connectivity index (χ2v) is 9.40. The number of nitrogens with one attached hydrogen (secondary N) is 1. The van der Waals surface area contributed by atoms with Gasteiger partial charge in [0.1, 0.15) is 22.9 Å². The molecule has 0 unspecified atom stereocenters. The molecule has 0 bridgehead atoms. The van der Waals surface area contributed by atoms with E-state index in [-0.39, 0.29) is 11.4 Å². The molecule has 0 fully saturated rings. The van der Waals surface area contributed by atoms with Crippen LogP contribution in [0.1, 0.15) is 25.8 Å². The number of anilines is 1. The van der Waals surface area contributed by atoms with Crippen molar-refractivity contribution in [1.82, 2.24) is 9.78 Å². The number of halogens is 2. The van der Waals surface area contributed by atoms with E-state index in [1.165, 1.54) is 16.8 Å². The van der Waals surface area contributed by atoms with Crippen LogP contribution >= 0.6 is 11.6 Å². The Morgan fingerprint density at radius 3 is 2.50 bits per heavy atom. The van der Waals surface area contributed by atoms with Crippen molar-refractivity contribution >= 4 is 23.3 Å². The molecule has 0 saturated carbocycles. The van der Waals surface area contributed by atoms with Gasteiger partial charge in [-0.05, 0) is 80.3 Å². The summed E-state index contributed by atoms with van der Waals surface area (Å²) in [6.45, 7) is 4.14. The minimum Gasteiger partial charge on any atom is -0.488 e. The van der Waals surface area contributed by atoms with E-state index < -0.39 is 6.03 Å². The lowest BCUT2D eigenvalue weighted by molar-refractivity contribution is 0.0847. The zero-order valence-electron chi connectivity index (χ0n) is 18.8. The van der Waals surface area contributed by atoms with Crippen LogP contribution in [-0.4, -0.2) is 21.4 Å². The summed E-state index contributed by atoms with van der Waals surface area (Å²) >= 11 is 6.04. The first-order valence-electron chi connectivity index (χ1n) is 11.0. The third-order valence-electron chi connectivity index (χ3n) is 5.89. The van der Waals surface area contributed by atoms with Crippen LogP contribution in [0.4, 0.5) is 14.9 Å². The molecule has 0 radical (unpaired) electrons. The highest BCUT2D eigenvalue weighted by atomic mass is 35.5. The van der Waals surface area contributed by atoms with Crippen LogP contribution in [0.15, 0.2) is 72.9 Å². The van der Waals surface area contributed by atoms with Crippen LogP contribution in [0.2, 0.25) is 5.02 Å². The molecule has 1 aliphatic heterocycles. The Morgan fingerprint density at radius 2 is 1.76 bits per heavy atom. The molecule has 0 aliphatic carbocycles. The van der Waals surface area contributed by atoms with Crippen LogP contribution in [0, 0.1) is 5.82 Å². The topological polar surface area (TPSA) is 56.2 Å². The zero-order valence-corrected chi connectivity index (χ0v) is 19.6. The summed E-state index contributed by atoms with van der Waals surface area (Å²) in [6, 6.07) is 18.5. The molecular formula is C27H23ClFN3O2. The van der Waals surface area contributed by atoms with Crippen LogP contribution in [0.25, 0.3) is 22.4 Å². The molecule has 3 aromatic carbocycles. The normalized spacial score (nSPS) is 14.2. The molecule has 0 saturated heterocycles. The van der Waals surface area contributed by atoms with E-state index >= 15 is 0 Å². The summed E-state index contributed by atoms with van der Waals surface area (Å²) in [7, 11) is 0. The molecule has 5 rings (SSSR count). The van der Waals surface area contributed by atoms with Crippen molar-refractivity contribution in [1.29, 1.82) is 0 Å². The maximum absolute atomic E-state index is 13.5. The summed E-state index contributed by atoms with van der Waals surface area (Å²) in [4.78, 5) is 13.1. The van der Waals surface area contributed by atoms with E-state index in [0.29, 0.717) is 22.0 Å². The molecule has 5 nitrogen and oxygen atoms in total. The predicted octanol–water partition coefficient (Wildman–Crippen LogP) is 7.19. The fourth-order valence-electron chi connectivity index (χ4n) is 4.06. The van der Waals surface area contributed by atoms with Crippen molar-refractivity contribution in [3.05, 3.63) is 89.3 Å². The fraction of sp³-hybridized carbons (Fsp3) is 0.185. The number of hydrogen-bond acceptors (Lipinski definition) is 3. The summed E-state index contributed by atoms with van der Waals surface area (Å²) in [5.74, 6) is 0.513. The molecule has 1 N–H and O–H groups in total. The lowest BCUT2D eigenvalue weighted by Crippen LogP contribution is -2.32. The van der Waals surface area contributed by atoms with Gasteiger partial charge < -0.3 is 10.1 Å². The minimum absolute atomic E-state index is 0.193. The minimum atomic E-state index is -0.402. The van der Waals surface area contributed by atoms with E-state index in [1.54, 1.807) is 30.5 Å². The lowest BCUT2D eigenvalue weighted by atomic mass is 9.94. The number of hydrogen-bond donors (Lipinski definition) is 1. The molecule has 34 heavy (non-hydrogen) atoms. The predicted molar refractivity (Wildman–Crippen MR) is 132 cm³/mol. The second-order valence-electron chi connectivity index (χ2n) is 8.96. The number of aryl methyl sites for hydroxylation is 1. The standard InChI is InChI=1S/C27H23ClFN3O2/c1-27(2)14-13-19-15-22(11-12-24(19)34-27)30-26(33)32-16-23(17-5-9-21(29)10-6-17)25(31-32)18-3-7-20(28)8-4-18/h3-12,15-16H,13-14H2,1-2H3,(H,30,33).